The highest BCUT2D eigenvalue weighted by atomic mass is 19.2. The number of amidine groups is 1. The van der Waals surface area contributed by atoms with Gasteiger partial charge >= 0.3 is 0 Å². The van der Waals surface area contributed by atoms with Crippen LogP contribution in [0.5, 0.6) is 0 Å². The van der Waals surface area contributed by atoms with Gasteiger partial charge in [-0.05, 0) is 26.8 Å². The molecule has 3 nitrogen and oxygen atoms in total. The van der Waals surface area contributed by atoms with Crippen LogP contribution in [-0.4, -0.2) is 17.3 Å². The number of carbonyl (C=O) groups excluding carboxylic acids is 1. The number of aliphatic imine (C=N–C) groups is 1. The van der Waals surface area contributed by atoms with Gasteiger partial charge in [-0.3, -0.25) is 14.7 Å². The fourth-order valence-corrected chi connectivity index (χ4v) is 2.63. The first-order valence-corrected chi connectivity index (χ1v) is 7.59. The van der Waals surface area contributed by atoms with E-state index >= 15 is 0 Å². The molecule has 8 heteroatoms. The Morgan fingerprint density at radius 1 is 0.808 bits per heavy atom. The summed E-state index contributed by atoms with van der Waals surface area (Å²) in [5.74, 6) is -11.8. The predicted octanol–water partition coefficient (Wildman–Crippen LogP) is 4.59. The van der Waals surface area contributed by atoms with Crippen LogP contribution in [0.4, 0.5) is 27.6 Å². The fourth-order valence-electron chi connectivity index (χ4n) is 2.63. The van der Waals surface area contributed by atoms with E-state index in [1.807, 2.05) is 0 Å². The molecule has 26 heavy (non-hydrogen) atoms. The molecule has 0 aromatic heterocycles. The van der Waals surface area contributed by atoms with Gasteiger partial charge in [-0.1, -0.05) is 18.2 Å². The summed E-state index contributed by atoms with van der Waals surface area (Å²) in [5.41, 5.74) is -1.82. The molecule has 0 fully saturated rings. The Labute approximate surface area is 145 Å². The van der Waals surface area contributed by atoms with Crippen molar-refractivity contribution in [3.63, 3.8) is 0 Å². The summed E-state index contributed by atoms with van der Waals surface area (Å²) in [5, 5.41) is 0. The maximum Gasteiger partial charge on any atom is 0.264 e. The maximum atomic E-state index is 14.3. The van der Waals surface area contributed by atoms with Gasteiger partial charge in [-0.15, -0.1) is 0 Å². The molecule has 0 bridgehead atoms. The second-order valence-electron chi connectivity index (χ2n) is 6.71. The summed E-state index contributed by atoms with van der Waals surface area (Å²) in [4.78, 5) is 17.4. The first-order valence-electron chi connectivity index (χ1n) is 7.59. The Hall–Kier alpha value is -2.77. The molecule has 0 unspecified atom stereocenters. The van der Waals surface area contributed by atoms with E-state index in [1.165, 1.54) is 18.2 Å². The molecule has 3 rings (SSSR count). The second kappa shape index (κ2) is 5.89. The highest BCUT2D eigenvalue weighted by Gasteiger charge is 2.41. The monoisotopic (exact) mass is 368 g/mol. The Morgan fingerprint density at radius 3 is 1.77 bits per heavy atom. The van der Waals surface area contributed by atoms with E-state index in [2.05, 4.69) is 4.99 Å². The van der Waals surface area contributed by atoms with Crippen molar-refractivity contribution in [2.45, 2.75) is 26.3 Å². The number of rotatable bonds is 1. The molecule has 0 saturated carbocycles. The summed E-state index contributed by atoms with van der Waals surface area (Å²) >= 11 is 0. The van der Waals surface area contributed by atoms with Crippen molar-refractivity contribution in [3.05, 3.63) is 64.5 Å². The zero-order chi connectivity index (χ0) is 19.4. The fraction of sp³-hybridized carbons (Fsp3) is 0.222. The number of carbonyl (C=O) groups is 1. The van der Waals surface area contributed by atoms with Crippen LogP contribution in [0.1, 0.15) is 36.7 Å². The van der Waals surface area contributed by atoms with Crippen LogP contribution < -0.4 is 4.90 Å². The third-order valence-electron chi connectivity index (χ3n) is 3.66. The van der Waals surface area contributed by atoms with Crippen molar-refractivity contribution in [2.24, 2.45) is 4.99 Å². The van der Waals surface area contributed by atoms with Crippen molar-refractivity contribution in [1.82, 2.24) is 0 Å². The molecule has 1 aliphatic heterocycles. The van der Waals surface area contributed by atoms with E-state index in [-0.39, 0.29) is 17.0 Å². The molecule has 136 valence electrons. The molecular weight excluding hydrogens is 355 g/mol. The Kier molecular flexibility index (Phi) is 4.09. The highest BCUT2D eigenvalue weighted by molar-refractivity contribution is 6.36. The number of nitrogens with zero attached hydrogens (tertiary/aromatic N) is 2. The lowest BCUT2D eigenvalue weighted by atomic mass is 10.1. The first kappa shape index (κ1) is 18.0. The lowest BCUT2D eigenvalue weighted by Gasteiger charge is -2.22. The Morgan fingerprint density at radius 2 is 1.27 bits per heavy atom. The quantitative estimate of drug-likeness (QED) is 0.412. The summed E-state index contributed by atoms with van der Waals surface area (Å²) in [6, 6.07) is 5.98. The molecule has 2 aromatic carbocycles. The van der Waals surface area contributed by atoms with Gasteiger partial charge in [0.05, 0.1) is 11.1 Å². The third-order valence-corrected chi connectivity index (χ3v) is 3.66. The molecule has 1 amide bonds. The number of amides is 1. The molecule has 0 N–H and O–H groups in total. The average molecular weight is 368 g/mol. The van der Waals surface area contributed by atoms with E-state index in [9.17, 15) is 26.7 Å². The van der Waals surface area contributed by atoms with Gasteiger partial charge < -0.3 is 0 Å². The van der Waals surface area contributed by atoms with Gasteiger partial charge in [-0.25, -0.2) is 22.0 Å². The van der Waals surface area contributed by atoms with Crippen LogP contribution in [-0.2, 0) is 0 Å². The van der Waals surface area contributed by atoms with Gasteiger partial charge in [0, 0.05) is 5.56 Å². The SMILES string of the molecule is CC(C)(C)N=C1c2ccccc2C(=O)N1c1c(F)c(F)c(F)c(F)c1F. The highest BCUT2D eigenvalue weighted by Crippen LogP contribution is 2.36. The topological polar surface area (TPSA) is 32.7 Å². The van der Waals surface area contributed by atoms with Crippen molar-refractivity contribution in [2.75, 3.05) is 4.90 Å². The van der Waals surface area contributed by atoms with Crippen molar-refractivity contribution < 1.29 is 26.7 Å². The van der Waals surface area contributed by atoms with Gasteiger partial charge in [0.15, 0.2) is 23.3 Å². The summed E-state index contributed by atoms with van der Waals surface area (Å²) in [7, 11) is 0. The molecule has 0 atom stereocenters. The standard InChI is InChI=1S/C18H13F5N2O/c1-18(2,3)24-16-8-6-4-5-7-9(8)17(26)25(16)15-13(22)11(20)10(19)12(21)14(15)23/h4-7H,1-3H3. The summed E-state index contributed by atoms with van der Waals surface area (Å²) in [6.45, 7) is 5.01. The summed E-state index contributed by atoms with van der Waals surface area (Å²) in [6.07, 6.45) is 0. The van der Waals surface area contributed by atoms with Gasteiger partial charge in [0.2, 0.25) is 5.82 Å². The predicted molar refractivity (Wildman–Crippen MR) is 85.8 cm³/mol. The van der Waals surface area contributed by atoms with Crippen molar-refractivity contribution >= 4 is 17.4 Å². The molecule has 0 spiro atoms. The van der Waals surface area contributed by atoms with Gasteiger partial charge in [0.1, 0.15) is 11.5 Å². The van der Waals surface area contributed by atoms with Crippen molar-refractivity contribution in [1.29, 1.82) is 0 Å². The smallest absolute Gasteiger partial charge is 0.264 e. The zero-order valence-electron chi connectivity index (χ0n) is 14.0. The number of halogens is 5. The van der Waals surface area contributed by atoms with Gasteiger partial charge in [-0.2, -0.15) is 0 Å². The maximum absolute atomic E-state index is 14.3. The van der Waals surface area contributed by atoms with E-state index in [1.54, 1.807) is 26.8 Å². The van der Waals surface area contributed by atoms with Crippen LogP contribution in [0.2, 0.25) is 0 Å². The number of benzene rings is 2. The molecule has 0 saturated heterocycles. The number of fused-ring (bicyclic) bond motifs is 1. The van der Waals surface area contributed by atoms with Crippen molar-refractivity contribution in [3.8, 4) is 0 Å². The minimum atomic E-state index is -2.29. The second-order valence-corrected chi connectivity index (χ2v) is 6.71. The number of anilines is 1. The molecule has 1 aliphatic rings. The van der Waals surface area contributed by atoms with E-state index in [0.29, 0.717) is 4.90 Å². The third kappa shape index (κ3) is 2.65. The molecule has 0 aliphatic carbocycles. The Balaban J connectivity index is 2.35. The summed E-state index contributed by atoms with van der Waals surface area (Å²) < 4.78 is 69.2. The van der Waals surface area contributed by atoms with Crippen LogP contribution in [0, 0.1) is 29.1 Å². The molecular formula is C18H13F5N2O. The first-order chi connectivity index (χ1) is 12.0. The molecule has 1 heterocycles. The van der Waals surface area contributed by atoms with Crippen LogP contribution in [0.15, 0.2) is 29.3 Å². The largest absolute Gasteiger partial charge is 0.268 e. The van der Waals surface area contributed by atoms with E-state index in [4.69, 9.17) is 0 Å². The van der Waals surface area contributed by atoms with E-state index in [0.717, 1.165) is 0 Å². The molecule has 0 radical (unpaired) electrons. The lowest BCUT2D eigenvalue weighted by molar-refractivity contribution is 0.101. The van der Waals surface area contributed by atoms with Gasteiger partial charge in [0.25, 0.3) is 5.91 Å². The minimum absolute atomic E-state index is 0.0550. The normalized spacial score (nSPS) is 15.8. The van der Waals surface area contributed by atoms with Crippen LogP contribution in [0.3, 0.4) is 0 Å². The lowest BCUT2D eigenvalue weighted by Crippen LogP contribution is -2.34. The van der Waals surface area contributed by atoms with Crippen LogP contribution >= 0.6 is 0 Å². The minimum Gasteiger partial charge on any atom is -0.268 e. The Bertz CT molecular complexity index is 934. The average Bonchev–Trinajstić information content (AvgIpc) is 2.83. The number of hydrogen-bond acceptors (Lipinski definition) is 2. The zero-order valence-corrected chi connectivity index (χ0v) is 14.0. The van der Waals surface area contributed by atoms with Crippen LogP contribution in [0.25, 0.3) is 0 Å². The molecule has 2 aromatic rings. The van der Waals surface area contributed by atoms with E-state index < -0.39 is 46.2 Å². The number of hydrogen-bond donors (Lipinski definition) is 0.